The Morgan fingerprint density at radius 2 is 1.60 bits per heavy atom. The van der Waals surface area contributed by atoms with Crippen LogP contribution in [0.3, 0.4) is 0 Å². The number of fused-ring (bicyclic) bond motifs is 1. The number of cyclic esters (lactones) is 1. The summed E-state index contributed by atoms with van der Waals surface area (Å²) in [6.07, 6.45) is -15.3. The maximum atomic E-state index is 14.3. The number of ether oxygens (including phenoxy) is 8. The molecule has 0 saturated carbocycles. The summed E-state index contributed by atoms with van der Waals surface area (Å²) >= 11 is 0. The number of hydrogen-bond acceptors (Lipinski definition) is 14. The molecule has 3 N–H and O–H groups in total. The van der Waals surface area contributed by atoms with E-state index in [-0.39, 0.29) is 31.6 Å². The number of hydrogen-bond donors (Lipinski definition) is 3. The molecule has 332 valence electrons. The molecule has 17 heteroatoms. The first kappa shape index (κ1) is 46.8. The normalized spacial score (nSPS) is 51.2. The third-order valence-electron chi connectivity index (χ3n) is 13.9. The average molecular weight is 827 g/mol. The third kappa shape index (κ3) is 9.06. The summed E-state index contributed by atoms with van der Waals surface area (Å²) in [7, 11) is 4.74. The van der Waals surface area contributed by atoms with E-state index in [4.69, 9.17) is 37.9 Å². The summed E-state index contributed by atoms with van der Waals surface area (Å²) in [5.74, 6) is -2.95. The highest BCUT2D eigenvalue weighted by Gasteiger charge is 2.68. The summed E-state index contributed by atoms with van der Waals surface area (Å²) in [4.78, 5) is 17.4. The zero-order valence-electron chi connectivity index (χ0n) is 35.9. The number of carbonyl (C=O) groups excluding carboxylic acids is 1. The molecule has 1 unspecified atom stereocenters. The van der Waals surface area contributed by atoms with Crippen molar-refractivity contribution in [1.82, 2.24) is 9.80 Å². The first-order valence-corrected chi connectivity index (χ1v) is 20.5. The molecular weight excluding hydrogens is 757 g/mol. The number of aliphatic hydroxyl groups excluding tert-OH is 1. The fraction of sp³-hybridized carbons (Fsp3) is 0.975. The largest absolute Gasteiger partial charge is 0.459 e. The topological polar surface area (TPSA) is 161 Å². The van der Waals surface area contributed by atoms with Gasteiger partial charge in [0.2, 0.25) is 6.23 Å². The van der Waals surface area contributed by atoms with E-state index in [1.54, 1.807) is 55.7 Å². The number of likely N-dealkylation sites (N-methyl/N-ethyl adjacent to an activating group) is 2. The van der Waals surface area contributed by atoms with Gasteiger partial charge >= 0.3 is 12.1 Å². The van der Waals surface area contributed by atoms with E-state index in [1.807, 2.05) is 25.7 Å². The van der Waals surface area contributed by atoms with E-state index in [2.05, 4.69) is 0 Å². The number of alkyl halides is 3. The van der Waals surface area contributed by atoms with Gasteiger partial charge in [-0.25, -0.2) is 0 Å². The Kier molecular flexibility index (Phi) is 13.9. The van der Waals surface area contributed by atoms with Gasteiger partial charge in [0.1, 0.15) is 35.1 Å². The number of carbonyl (C=O) groups is 1. The molecule has 0 radical (unpaired) electrons. The Bertz CT molecular complexity index is 1390. The molecule has 5 aliphatic heterocycles. The maximum Gasteiger partial charge on any atom is 0.428 e. The lowest BCUT2D eigenvalue weighted by atomic mass is 9.77. The van der Waals surface area contributed by atoms with E-state index in [1.165, 1.54) is 14.0 Å². The van der Waals surface area contributed by atoms with Gasteiger partial charge in [0.05, 0.1) is 42.5 Å². The fourth-order valence-electron chi connectivity index (χ4n) is 10.2. The summed E-state index contributed by atoms with van der Waals surface area (Å²) in [6.45, 7) is 18.2. The van der Waals surface area contributed by atoms with Crippen LogP contribution in [0, 0.1) is 17.8 Å². The standard InChI is InChI=1S/C40H69F3N2O12/c1-14-27-38(10,49)31(46)24(6)44(11)18-20(2)16-36(8,48)32(57-34-30-26(15-21(3)52-34)45(12)35(56-30)40(41,42)43)22(4)29(23(5)33(47)54-27)55-28-17-37(9,50-13)39(19-51-39)25(7)53-28/h20-32,34-35,46,48-49H,14-19H2,1-13H3/t20-,21-,22+,23-,24-,25+,26+,27-,28+,29+,30-,31-,32-,34+,35?,36-,37-,38-,39+/m1/s1. The van der Waals surface area contributed by atoms with Gasteiger partial charge in [-0.15, -0.1) is 0 Å². The molecule has 14 nitrogen and oxygen atoms in total. The Labute approximate surface area is 335 Å². The van der Waals surface area contributed by atoms with Gasteiger partial charge in [0.15, 0.2) is 12.6 Å². The maximum absolute atomic E-state index is 14.3. The smallest absolute Gasteiger partial charge is 0.428 e. The van der Waals surface area contributed by atoms with E-state index in [9.17, 15) is 33.3 Å². The highest BCUT2D eigenvalue weighted by molar-refractivity contribution is 5.73. The van der Waals surface area contributed by atoms with E-state index in [0.29, 0.717) is 13.2 Å². The molecular formula is C40H69F3N2O12. The summed E-state index contributed by atoms with van der Waals surface area (Å²) in [6, 6.07) is -1.30. The lowest BCUT2D eigenvalue weighted by molar-refractivity contribution is -0.317. The van der Waals surface area contributed by atoms with Crippen molar-refractivity contribution in [1.29, 1.82) is 0 Å². The van der Waals surface area contributed by atoms with Crippen molar-refractivity contribution in [2.24, 2.45) is 17.8 Å². The van der Waals surface area contributed by atoms with E-state index >= 15 is 0 Å². The zero-order chi connectivity index (χ0) is 42.8. The number of esters is 1. The number of nitrogens with zero attached hydrogens (tertiary/aromatic N) is 2. The minimum absolute atomic E-state index is 0.121. The first-order chi connectivity index (χ1) is 26.2. The quantitative estimate of drug-likeness (QED) is 0.263. The Hall–Kier alpha value is -1.22. The van der Waals surface area contributed by atoms with Crippen molar-refractivity contribution in [3.8, 4) is 0 Å². The second-order valence-electron chi connectivity index (χ2n) is 18.5. The van der Waals surface area contributed by atoms with Crippen LogP contribution in [0.1, 0.15) is 94.9 Å². The van der Waals surface area contributed by atoms with Crippen LogP contribution < -0.4 is 0 Å². The van der Waals surface area contributed by atoms with Gasteiger partial charge in [-0.05, 0) is 87.7 Å². The number of epoxide rings is 1. The molecule has 5 fully saturated rings. The predicted molar refractivity (Wildman–Crippen MR) is 200 cm³/mol. The summed E-state index contributed by atoms with van der Waals surface area (Å²) in [5, 5.41) is 35.9. The Balaban J connectivity index is 1.58. The van der Waals surface area contributed by atoms with Crippen molar-refractivity contribution in [2.75, 3.05) is 34.4 Å². The van der Waals surface area contributed by atoms with Crippen molar-refractivity contribution < 1.29 is 71.2 Å². The number of aliphatic hydroxyl groups is 3. The second kappa shape index (κ2) is 16.9. The fourth-order valence-corrected chi connectivity index (χ4v) is 10.2. The third-order valence-corrected chi connectivity index (χ3v) is 13.9. The van der Waals surface area contributed by atoms with Gasteiger partial charge in [-0.1, -0.05) is 20.8 Å². The molecule has 5 rings (SSSR count). The number of methoxy groups -OCH3 is 1. The van der Waals surface area contributed by atoms with Crippen LogP contribution in [0.4, 0.5) is 13.2 Å². The van der Waals surface area contributed by atoms with Crippen LogP contribution >= 0.6 is 0 Å². The number of rotatable bonds is 6. The average Bonchev–Trinajstić information content (AvgIpc) is 3.86. The molecule has 0 aromatic rings. The van der Waals surface area contributed by atoms with Crippen LogP contribution in [0.25, 0.3) is 0 Å². The highest BCUT2D eigenvalue weighted by atomic mass is 19.4. The summed E-state index contributed by atoms with van der Waals surface area (Å²) < 4.78 is 92.3. The van der Waals surface area contributed by atoms with Crippen molar-refractivity contribution in [3.63, 3.8) is 0 Å². The molecule has 0 aromatic heterocycles. The van der Waals surface area contributed by atoms with Crippen LogP contribution in [0.15, 0.2) is 0 Å². The van der Waals surface area contributed by atoms with E-state index < -0.39 is 120 Å². The highest BCUT2D eigenvalue weighted by Crippen LogP contribution is 2.51. The monoisotopic (exact) mass is 826 g/mol. The van der Waals surface area contributed by atoms with Gasteiger partial charge in [-0.2, -0.15) is 13.2 Å². The van der Waals surface area contributed by atoms with Crippen molar-refractivity contribution in [3.05, 3.63) is 0 Å². The van der Waals surface area contributed by atoms with Crippen LogP contribution in [0.2, 0.25) is 0 Å². The molecule has 1 spiro atoms. The van der Waals surface area contributed by atoms with Gasteiger partial charge in [0.25, 0.3) is 0 Å². The van der Waals surface area contributed by atoms with Crippen LogP contribution in [-0.4, -0.2) is 168 Å². The molecule has 0 aliphatic carbocycles. The number of halogens is 3. The summed E-state index contributed by atoms with van der Waals surface area (Å²) in [5.41, 5.74) is -5.07. The van der Waals surface area contributed by atoms with E-state index in [0.717, 1.165) is 4.90 Å². The zero-order valence-corrected chi connectivity index (χ0v) is 35.9. The molecule has 0 amide bonds. The Morgan fingerprint density at radius 3 is 2.16 bits per heavy atom. The molecule has 19 atom stereocenters. The molecule has 0 bridgehead atoms. The van der Waals surface area contributed by atoms with Gasteiger partial charge < -0.3 is 58.1 Å². The SMILES string of the molecule is CC[C@H]1OC(=O)[C@H](C)[C@@H](O[C@H]2C[C@@](C)(OC)[C@]3(CO3)[C@H](C)O2)[C@H](C)[C@@H](O[C@@H]2O[C@H](C)C[C@H]3[C@H]2OC(C(F)(F)F)N3C)[C@](C)(O)C[C@@H](C)CN(C)[C@H](C)[C@@H](O)[C@]1(C)O. The lowest BCUT2D eigenvalue weighted by Crippen LogP contribution is -2.61. The molecule has 5 aliphatic rings. The predicted octanol–water partition coefficient (Wildman–Crippen LogP) is 3.61. The van der Waals surface area contributed by atoms with Crippen molar-refractivity contribution in [2.45, 2.75) is 197 Å². The Morgan fingerprint density at radius 1 is 0.965 bits per heavy atom. The van der Waals surface area contributed by atoms with Gasteiger partial charge in [-0.3, -0.25) is 9.69 Å². The van der Waals surface area contributed by atoms with Crippen molar-refractivity contribution >= 4 is 5.97 Å². The van der Waals surface area contributed by atoms with Gasteiger partial charge in [0, 0.05) is 38.1 Å². The first-order valence-electron chi connectivity index (χ1n) is 20.5. The minimum Gasteiger partial charge on any atom is -0.459 e. The minimum atomic E-state index is -4.68. The molecule has 57 heavy (non-hydrogen) atoms. The molecule has 0 aromatic carbocycles. The van der Waals surface area contributed by atoms with Crippen LogP contribution in [-0.2, 0) is 42.7 Å². The molecule has 5 heterocycles. The molecule has 5 saturated heterocycles. The second-order valence-corrected chi connectivity index (χ2v) is 18.5. The lowest BCUT2D eigenvalue weighted by Gasteiger charge is -2.48. The van der Waals surface area contributed by atoms with Crippen LogP contribution in [0.5, 0.6) is 0 Å².